The van der Waals surface area contributed by atoms with Crippen molar-refractivity contribution in [3.63, 3.8) is 0 Å². The number of aromatic nitrogens is 2. The molecule has 0 saturated carbocycles. The number of carbonyl (C=O) groups excluding carboxylic acids is 1. The van der Waals surface area contributed by atoms with Crippen LogP contribution in [0.4, 0.5) is 0 Å². The summed E-state index contributed by atoms with van der Waals surface area (Å²) in [6.07, 6.45) is 1.08. The lowest BCUT2D eigenvalue weighted by Crippen LogP contribution is -2.30. The molecule has 80 valence electrons. The maximum atomic E-state index is 11.3. The van der Waals surface area contributed by atoms with Crippen LogP contribution in [-0.4, -0.2) is 38.6 Å². The third-order valence-corrected chi connectivity index (χ3v) is 1.51. The van der Waals surface area contributed by atoms with E-state index in [2.05, 4.69) is 15.3 Å². The molecule has 0 aliphatic carbocycles. The summed E-state index contributed by atoms with van der Waals surface area (Å²) in [4.78, 5) is 28.8. The smallest absolute Gasteiger partial charge is 0.322 e. The molecule has 1 amide bonds. The Balaban J connectivity index is 2.81. The molecule has 3 N–H and O–H groups in total. The van der Waals surface area contributed by atoms with Gasteiger partial charge in [-0.3, -0.25) is 9.59 Å². The Kier molecular flexibility index (Phi) is 3.17. The third kappa shape index (κ3) is 2.90. The van der Waals surface area contributed by atoms with Gasteiger partial charge >= 0.3 is 5.97 Å². The molecule has 7 nitrogen and oxygen atoms in total. The van der Waals surface area contributed by atoms with Crippen molar-refractivity contribution in [2.24, 2.45) is 0 Å². The summed E-state index contributed by atoms with van der Waals surface area (Å²) in [5.41, 5.74) is -0.233. The van der Waals surface area contributed by atoms with Gasteiger partial charge in [-0.15, -0.1) is 0 Å². The Bertz CT molecular complexity index is 405. The Morgan fingerprint density at radius 3 is 2.80 bits per heavy atom. The summed E-state index contributed by atoms with van der Waals surface area (Å²) < 4.78 is 0. The SMILES string of the molecule is Cc1ncc(O)c(C(=O)NCC(=O)O)n1. The Labute approximate surface area is 84.8 Å². The summed E-state index contributed by atoms with van der Waals surface area (Å²) in [5, 5.41) is 19.6. The van der Waals surface area contributed by atoms with Crippen molar-refractivity contribution in [3.05, 3.63) is 17.7 Å². The molecular weight excluding hydrogens is 202 g/mol. The van der Waals surface area contributed by atoms with Crippen LogP contribution in [0.5, 0.6) is 5.75 Å². The summed E-state index contributed by atoms with van der Waals surface area (Å²) >= 11 is 0. The summed E-state index contributed by atoms with van der Waals surface area (Å²) in [6, 6.07) is 0. The van der Waals surface area contributed by atoms with Crippen molar-refractivity contribution in [1.29, 1.82) is 0 Å². The normalized spacial score (nSPS) is 9.67. The van der Waals surface area contributed by atoms with E-state index in [0.717, 1.165) is 6.20 Å². The van der Waals surface area contributed by atoms with Crippen LogP contribution in [0.2, 0.25) is 0 Å². The van der Waals surface area contributed by atoms with E-state index in [1.165, 1.54) is 0 Å². The van der Waals surface area contributed by atoms with Crippen molar-refractivity contribution in [1.82, 2.24) is 15.3 Å². The van der Waals surface area contributed by atoms with Crippen molar-refractivity contribution < 1.29 is 19.8 Å². The number of nitrogens with one attached hydrogen (secondary N) is 1. The molecule has 7 heteroatoms. The molecule has 0 saturated heterocycles. The molecule has 1 heterocycles. The molecule has 0 radical (unpaired) electrons. The zero-order chi connectivity index (χ0) is 11.4. The van der Waals surface area contributed by atoms with Gasteiger partial charge in [0, 0.05) is 0 Å². The van der Waals surface area contributed by atoms with Gasteiger partial charge in [-0.25, -0.2) is 9.97 Å². The molecule has 0 aliphatic rings. The van der Waals surface area contributed by atoms with Gasteiger partial charge in [0.1, 0.15) is 12.4 Å². The van der Waals surface area contributed by atoms with E-state index in [0.29, 0.717) is 5.82 Å². The predicted molar refractivity (Wildman–Crippen MR) is 48.4 cm³/mol. The number of aliphatic carboxylic acids is 1. The van der Waals surface area contributed by atoms with Crippen LogP contribution in [0.1, 0.15) is 16.3 Å². The van der Waals surface area contributed by atoms with E-state index in [-0.39, 0.29) is 11.4 Å². The van der Waals surface area contributed by atoms with Crippen LogP contribution in [0.3, 0.4) is 0 Å². The van der Waals surface area contributed by atoms with Crippen molar-refractivity contribution in [3.8, 4) is 5.75 Å². The number of hydrogen-bond acceptors (Lipinski definition) is 5. The number of nitrogens with zero attached hydrogens (tertiary/aromatic N) is 2. The van der Waals surface area contributed by atoms with E-state index in [9.17, 15) is 14.7 Å². The number of hydrogen-bond donors (Lipinski definition) is 3. The lowest BCUT2D eigenvalue weighted by atomic mass is 10.3. The first kappa shape index (κ1) is 10.9. The zero-order valence-corrected chi connectivity index (χ0v) is 7.89. The fourth-order valence-corrected chi connectivity index (χ4v) is 0.870. The average Bonchev–Trinajstić information content (AvgIpc) is 2.18. The molecule has 1 aromatic heterocycles. The Morgan fingerprint density at radius 2 is 2.20 bits per heavy atom. The number of carboxylic acids is 1. The average molecular weight is 211 g/mol. The van der Waals surface area contributed by atoms with Crippen LogP contribution in [0.25, 0.3) is 0 Å². The largest absolute Gasteiger partial charge is 0.504 e. The lowest BCUT2D eigenvalue weighted by molar-refractivity contribution is -0.135. The highest BCUT2D eigenvalue weighted by Crippen LogP contribution is 2.11. The van der Waals surface area contributed by atoms with Gasteiger partial charge in [-0.05, 0) is 6.92 Å². The second-order valence-electron chi connectivity index (χ2n) is 2.73. The highest BCUT2D eigenvalue weighted by atomic mass is 16.4. The predicted octanol–water partition coefficient (Wildman–Crippen LogP) is -0.695. The molecule has 1 aromatic rings. The first-order chi connectivity index (χ1) is 7.00. The van der Waals surface area contributed by atoms with Crippen LogP contribution in [0.15, 0.2) is 6.20 Å². The molecule has 1 rings (SSSR count). The molecule has 0 aliphatic heterocycles. The molecule has 0 unspecified atom stereocenters. The highest BCUT2D eigenvalue weighted by Gasteiger charge is 2.14. The van der Waals surface area contributed by atoms with Crippen molar-refractivity contribution in [2.45, 2.75) is 6.92 Å². The quantitative estimate of drug-likeness (QED) is 0.609. The number of aromatic hydroxyl groups is 1. The van der Waals surface area contributed by atoms with E-state index in [4.69, 9.17) is 5.11 Å². The number of rotatable bonds is 3. The van der Waals surface area contributed by atoms with E-state index in [1.54, 1.807) is 6.92 Å². The van der Waals surface area contributed by atoms with Crippen LogP contribution in [-0.2, 0) is 4.79 Å². The van der Waals surface area contributed by atoms with E-state index < -0.39 is 18.4 Å². The van der Waals surface area contributed by atoms with Crippen LogP contribution in [0, 0.1) is 6.92 Å². The van der Waals surface area contributed by atoms with Crippen molar-refractivity contribution >= 4 is 11.9 Å². The lowest BCUT2D eigenvalue weighted by Gasteiger charge is -2.03. The number of aryl methyl sites for hydroxylation is 1. The fourth-order valence-electron chi connectivity index (χ4n) is 0.870. The first-order valence-corrected chi connectivity index (χ1v) is 4.03. The Morgan fingerprint density at radius 1 is 1.53 bits per heavy atom. The maximum Gasteiger partial charge on any atom is 0.322 e. The Hall–Kier alpha value is -2.18. The molecule has 0 atom stereocenters. The topological polar surface area (TPSA) is 112 Å². The highest BCUT2D eigenvalue weighted by molar-refractivity contribution is 5.96. The van der Waals surface area contributed by atoms with E-state index >= 15 is 0 Å². The van der Waals surface area contributed by atoms with Gasteiger partial charge in [0.25, 0.3) is 5.91 Å². The summed E-state index contributed by atoms with van der Waals surface area (Å²) in [7, 11) is 0. The summed E-state index contributed by atoms with van der Waals surface area (Å²) in [5.74, 6) is -1.99. The minimum absolute atomic E-state index is 0.233. The van der Waals surface area contributed by atoms with E-state index in [1.807, 2.05) is 0 Å². The standard InChI is InChI=1S/C8H9N3O4/c1-4-9-2-5(12)7(11-4)8(15)10-3-6(13)14/h2,12H,3H2,1H3,(H,10,15)(H,13,14). The zero-order valence-electron chi connectivity index (χ0n) is 7.89. The molecular formula is C8H9N3O4. The van der Waals surface area contributed by atoms with Gasteiger partial charge in [0.05, 0.1) is 6.20 Å². The molecule has 0 bridgehead atoms. The number of carbonyl (C=O) groups is 2. The van der Waals surface area contributed by atoms with Crippen LogP contribution >= 0.6 is 0 Å². The number of carboxylic acid groups (broad SMARTS) is 1. The minimum Gasteiger partial charge on any atom is -0.504 e. The van der Waals surface area contributed by atoms with Gasteiger partial charge in [-0.1, -0.05) is 0 Å². The summed E-state index contributed by atoms with van der Waals surface area (Å²) in [6.45, 7) is 1.02. The molecule has 0 aromatic carbocycles. The molecule has 0 fully saturated rings. The van der Waals surface area contributed by atoms with Crippen molar-refractivity contribution in [2.75, 3.05) is 6.54 Å². The van der Waals surface area contributed by atoms with Gasteiger partial charge in [0.15, 0.2) is 11.4 Å². The van der Waals surface area contributed by atoms with Crippen LogP contribution < -0.4 is 5.32 Å². The maximum absolute atomic E-state index is 11.3. The second-order valence-corrected chi connectivity index (χ2v) is 2.73. The molecule has 15 heavy (non-hydrogen) atoms. The van der Waals surface area contributed by atoms with Gasteiger partial charge < -0.3 is 15.5 Å². The van der Waals surface area contributed by atoms with Gasteiger partial charge in [0.2, 0.25) is 0 Å². The minimum atomic E-state index is -1.17. The molecule has 0 spiro atoms. The fraction of sp³-hybridized carbons (Fsp3) is 0.250. The third-order valence-electron chi connectivity index (χ3n) is 1.51. The van der Waals surface area contributed by atoms with Gasteiger partial charge in [-0.2, -0.15) is 0 Å². The monoisotopic (exact) mass is 211 g/mol. The first-order valence-electron chi connectivity index (χ1n) is 4.03. The number of amides is 1. The second kappa shape index (κ2) is 4.36.